The van der Waals surface area contributed by atoms with E-state index in [1.165, 1.54) is 23.3 Å². The van der Waals surface area contributed by atoms with Crippen LogP contribution >= 0.6 is 11.3 Å². The molecular formula is C43H59N5O4S. The van der Waals surface area contributed by atoms with Crippen LogP contribution in [0, 0.1) is 24.2 Å². The number of nitrogens with zero attached hydrogens (tertiary/aromatic N) is 3. The fraction of sp³-hybridized carbons (Fsp3) is 0.535. The number of hydrogen-bond donors (Lipinski definition) is 3. The number of aliphatic hydroxyl groups excluding tert-OH is 1. The molecule has 4 rings (SSSR count). The lowest BCUT2D eigenvalue weighted by molar-refractivity contribution is -0.136. The second-order valence-electron chi connectivity index (χ2n) is 14.7. The van der Waals surface area contributed by atoms with Crippen LogP contribution in [0.4, 0.5) is 0 Å². The lowest BCUT2D eigenvalue weighted by atomic mass is 9.83. The van der Waals surface area contributed by atoms with Gasteiger partial charge in [-0.1, -0.05) is 92.8 Å². The molecule has 1 aliphatic carbocycles. The molecule has 1 aliphatic rings. The normalized spacial score (nSPS) is 15.5. The maximum Gasteiger partial charge on any atom is 0.243 e. The lowest BCUT2D eigenvalue weighted by Gasteiger charge is -2.32. The van der Waals surface area contributed by atoms with Gasteiger partial charge in [-0.2, -0.15) is 0 Å². The van der Waals surface area contributed by atoms with E-state index in [1.807, 2.05) is 61.0 Å². The van der Waals surface area contributed by atoms with Gasteiger partial charge in [0.05, 0.1) is 29.3 Å². The summed E-state index contributed by atoms with van der Waals surface area (Å²) in [5.74, 6) is 1.56. The van der Waals surface area contributed by atoms with Crippen LogP contribution in [0.3, 0.4) is 0 Å². The highest BCUT2D eigenvalue weighted by molar-refractivity contribution is 7.07. The zero-order valence-electron chi connectivity index (χ0n) is 31.6. The Morgan fingerprint density at radius 1 is 0.925 bits per heavy atom. The summed E-state index contributed by atoms with van der Waals surface area (Å²) >= 11 is 1.43. The molecular weight excluding hydrogens is 683 g/mol. The predicted molar refractivity (Wildman–Crippen MR) is 213 cm³/mol. The maximum atomic E-state index is 14.2. The van der Waals surface area contributed by atoms with Crippen LogP contribution in [0.5, 0.6) is 0 Å². The molecule has 286 valence electrons. The van der Waals surface area contributed by atoms with Crippen LogP contribution in [0.2, 0.25) is 0 Å². The first-order valence-corrected chi connectivity index (χ1v) is 20.3. The SMILES string of the molecule is C#CCCCC[C@H](O)[C@H](CC1CCCCC1)NC(=O)[C@H](Cc1cscn1)NC(=O)[C@@H](CC(=O)N(C)CCN(C)Cc1ccccc1)Cc1ccccc1. The minimum absolute atomic E-state index is 0.00530. The van der Waals surface area contributed by atoms with Crippen LogP contribution in [0.15, 0.2) is 71.6 Å². The third-order valence-electron chi connectivity index (χ3n) is 10.4. The number of amides is 3. The Kier molecular flexibility index (Phi) is 18.0. The number of rotatable bonds is 22. The molecule has 0 saturated heterocycles. The van der Waals surface area contributed by atoms with E-state index in [0.717, 1.165) is 50.6 Å². The number of likely N-dealkylation sites (N-methyl/N-ethyl adjacent to an activating group) is 2. The Balaban J connectivity index is 1.46. The number of benzene rings is 2. The standard InChI is InChI=1S/C43H59N5O4S/c1-4-5-6-16-23-40(49)38(27-34-19-12-8-13-20-34)45-43(52)39(29-37-31-53-32-44-37)46-42(51)36(26-33-17-10-7-11-18-33)28-41(50)48(3)25-24-47(2)30-35-21-14-9-15-22-35/h1,7,9-11,14-15,17-18,21-22,31-32,34,36,38-40,49H,5-6,8,12-13,16,19-20,23-30H2,2-3H3,(H,45,52)(H,46,51)/t36-,38+,39+,40+/m1/s1. The smallest absolute Gasteiger partial charge is 0.243 e. The van der Waals surface area contributed by atoms with Gasteiger partial charge >= 0.3 is 0 Å². The summed E-state index contributed by atoms with van der Waals surface area (Å²) in [6, 6.07) is 18.5. The average Bonchev–Trinajstić information content (AvgIpc) is 3.69. The molecule has 9 nitrogen and oxygen atoms in total. The first-order chi connectivity index (χ1) is 25.7. The average molecular weight is 742 g/mol. The summed E-state index contributed by atoms with van der Waals surface area (Å²) in [4.78, 5) is 50.3. The molecule has 3 amide bonds. The van der Waals surface area contributed by atoms with Crippen molar-refractivity contribution in [3.8, 4) is 12.3 Å². The zero-order valence-corrected chi connectivity index (χ0v) is 32.4. The zero-order chi connectivity index (χ0) is 37.8. The molecule has 10 heteroatoms. The Morgan fingerprint density at radius 2 is 1.62 bits per heavy atom. The van der Waals surface area contributed by atoms with Crippen LogP contribution in [0.25, 0.3) is 0 Å². The van der Waals surface area contributed by atoms with Crippen molar-refractivity contribution < 1.29 is 19.5 Å². The molecule has 0 radical (unpaired) electrons. The summed E-state index contributed by atoms with van der Waals surface area (Å²) in [6.45, 7) is 1.97. The molecule has 1 aromatic heterocycles. The van der Waals surface area contributed by atoms with E-state index in [-0.39, 0.29) is 30.6 Å². The van der Waals surface area contributed by atoms with Gasteiger partial charge in [0.25, 0.3) is 0 Å². The first kappa shape index (κ1) is 41.7. The Bertz CT molecular complexity index is 1540. The molecule has 2 aromatic carbocycles. The van der Waals surface area contributed by atoms with Crippen molar-refractivity contribution in [1.29, 1.82) is 0 Å². The van der Waals surface area contributed by atoms with Gasteiger partial charge in [0.1, 0.15) is 6.04 Å². The molecule has 1 saturated carbocycles. The minimum Gasteiger partial charge on any atom is -0.391 e. The van der Waals surface area contributed by atoms with Gasteiger partial charge in [0, 0.05) is 51.3 Å². The summed E-state index contributed by atoms with van der Waals surface area (Å²) < 4.78 is 0. The second kappa shape index (κ2) is 22.9. The molecule has 1 heterocycles. The number of carbonyl (C=O) groups excluding carboxylic acids is 3. The molecule has 0 aliphatic heterocycles. The van der Waals surface area contributed by atoms with Crippen molar-refractivity contribution in [3.63, 3.8) is 0 Å². The van der Waals surface area contributed by atoms with Crippen LogP contribution < -0.4 is 10.6 Å². The first-order valence-electron chi connectivity index (χ1n) is 19.3. The number of carbonyl (C=O) groups is 3. The van der Waals surface area contributed by atoms with E-state index in [2.05, 4.69) is 38.6 Å². The van der Waals surface area contributed by atoms with Gasteiger partial charge in [0.15, 0.2) is 0 Å². The number of thiazole rings is 1. The molecule has 4 atom stereocenters. The summed E-state index contributed by atoms with van der Waals surface area (Å²) in [7, 11) is 3.81. The summed E-state index contributed by atoms with van der Waals surface area (Å²) in [6.07, 6.45) is 14.5. The monoisotopic (exact) mass is 741 g/mol. The van der Waals surface area contributed by atoms with Gasteiger partial charge in [-0.3, -0.25) is 14.4 Å². The molecule has 0 unspecified atom stereocenters. The van der Waals surface area contributed by atoms with Crippen molar-refractivity contribution in [2.24, 2.45) is 11.8 Å². The number of nitrogens with one attached hydrogen (secondary N) is 2. The van der Waals surface area contributed by atoms with Crippen LogP contribution in [-0.4, -0.2) is 83.0 Å². The van der Waals surface area contributed by atoms with Crippen LogP contribution in [0.1, 0.15) is 87.4 Å². The van der Waals surface area contributed by atoms with Crippen molar-refractivity contribution >= 4 is 29.1 Å². The van der Waals surface area contributed by atoms with Crippen LogP contribution in [-0.2, 0) is 33.8 Å². The molecule has 1 fully saturated rings. The largest absolute Gasteiger partial charge is 0.391 e. The third-order valence-corrected chi connectivity index (χ3v) is 11.0. The van der Waals surface area contributed by atoms with E-state index in [0.29, 0.717) is 50.4 Å². The van der Waals surface area contributed by atoms with E-state index in [9.17, 15) is 19.5 Å². The predicted octanol–water partition coefficient (Wildman–Crippen LogP) is 6.02. The Labute approximate surface area is 321 Å². The number of unbranched alkanes of at least 4 members (excludes halogenated alkanes) is 2. The van der Waals surface area contributed by atoms with Crippen molar-refractivity contribution in [2.75, 3.05) is 27.2 Å². The summed E-state index contributed by atoms with van der Waals surface area (Å²) in [5, 5.41) is 19.4. The Morgan fingerprint density at radius 3 is 2.28 bits per heavy atom. The summed E-state index contributed by atoms with van der Waals surface area (Å²) in [5.41, 5.74) is 4.55. The molecule has 0 bridgehead atoms. The third kappa shape index (κ3) is 15.1. The fourth-order valence-electron chi connectivity index (χ4n) is 7.15. The number of terminal acetylenes is 1. The van der Waals surface area contributed by atoms with Gasteiger partial charge in [0.2, 0.25) is 17.7 Å². The highest BCUT2D eigenvalue weighted by Crippen LogP contribution is 2.29. The molecule has 3 N–H and O–H groups in total. The van der Waals surface area contributed by atoms with E-state index < -0.39 is 24.1 Å². The van der Waals surface area contributed by atoms with E-state index in [4.69, 9.17) is 6.42 Å². The van der Waals surface area contributed by atoms with Gasteiger partial charge in [-0.15, -0.1) is 23.7 Å². The maximum absolute atomic E-state index is 14.2. The number of aromatic nitrogens is 1. The fourth-order valence-corrected chi connectivity index (χ4v) is 7.72. The van der Waals surface area contributed by atoms with Crippen molar-refractivity contribution in [1.82, 2.24) is 25.4 Å². The lowest BCUT2D eigenvalue weighted by Crippen LogP contribution is -2.55. The molecule has 3 aromatic rings. The highest BCUT2D eigenvalue weighted by Gasteiger charge is 2.32. The topological polar surface area (TPSA) is 115 Å². The quantitative estimate of drug-likeness (QED) is 0.0858. The second-order valence-corrected chi connectivity index (χ2v) is 15.5. The highest BCUT2D eigenvalue weighted by atomic mass is 32.1. The number of aliphatic hydroxyl groups is 1. The van der Waals surface area contributed by atoms with Gasteiger partial charge in [-0.05, 0) is 56.2 Å². The molecule has 0 spiro atoms. The van der Waals surface area contributed by atoms with Gasteiger partial charge < -0.3 is 25.5 Å². The van der Waals surface area contributed by atoms with E-state index >= 15 is 0 Å². The molecule has 53 heavy (non-hydrogen) atoms. The van der Waals surface area contributed by atoms with Crippen molar-refractivity contribution in [3.05, 3.63) is 88.4 Å². The number of hydrogen-bond acceptors (Lipinski definition) is 7. The van der Waals surface area contributed by atoms with Gasteiger partial charge in [-0.25, -0.2) is 4.98 Å². The minimum atomic E-state index is -0.926. The van der Waals surface area contributed by atoms with E-state index in [1.54, 1.807) is 17.5 Å². The Hall–Kier alpha value is -4.04. The van der Waals surface area contributed by atoms with Crippen molar-refractivity contribution in [2.45, 2.75) is 108 Å².